The van der Waals surface area contributed by atoms with Crippen LogP contribution in [0, 0.1) is 6.92 Å². The van der Waals surface area contributed by atoms with Crippen molar-refractivity contribution in [2.75, 3.05) is 6.61 Å². The Morgan fingerprint density at radius 3 is 2.33 bits per heavy atom. The Kier molecular flexibility index (Phi) is 5.52. The van der Waals surface area contributed by atoms with Gasteiger partial charge in [0, 0.05) is 0 Å². The maximum absolute atomic E-state index is 12.0. The van der Waals surface area contributed by atoms with Crippen LogP contribution >= 0.6 is 0 Å². The van der Waals surface area contributed by atoms with Crippen LogP contribution in [-0.4, -0.2) is 23.7 Å². The first-order valence-electron chi connectivity index (χ1n) is 7.17. The maximum Gasteiger partial charge on any atom is 0.224 e. The van der Waals surface area contributed by atoms with E-state index in [-0.39, 0.29) is 18.6 Å². The summed E-state index contributed by atoms with van der Waals surface area (Å²) >= 11 is 0. The van der Waals surface area contributed by atoms with Crippen molar-refractivity contribution in [3.63, 3.8) is 0 Å². The van der Waals surface area contributed by atoms with Gasteiger partial charge >= 0.3 is 0 Å². The van der Waals surface area contributed by atoms with Gasteiger partial charge in [0.15, 0.2) is 0 Å². The van der Waals surface area contributed by atoms with Crippen LogP contribution in [0.15, 0.2) is 54.6 Å². The minimum absolute atomic E-state index is 0.0610. The standard InChI is InChI=1S/C18H21NO2/c1-14-7-9-16(10-8-14)12-18(21)19-17(13-20)11-15-5-3-2-4-6-15/h2-10,17,20H,11-13H2,1H3,(H,19,21). The van der Waals surface area contributed by atoms with Gasteiger partial charge in [-0.1, -0.05) is 60.2 Å². The number of aliphatic hydroxyl groups excluding tert-OH is 1. The van der Waals surface area contributed by atoms with E-state index >= 15 is 0 Å². The first-order valence-corrected chi connectivity index (χ1v) is 7.17. The molecule has 0 aromatic heterocycles. The molecular formula is C18H21NO2. The molecule has 2 aromatic rings. The lowest BCUT2D eigenvalue weighted by molar-refractivity contribution is -0.121. The number of aryl methyl sites for hydroxylation is 1. The molecule has 0 saturated heterocycles. The fourth-order valence-electron chi connectivity index (χ4n) is 2.23. The Morgan fingerprint density at radius 1 is 1.05 bits per heavy atom. The van der Waals surface area contributed by atoms with Gasteiger partial charge in [-0.2, -0.15) is 0 Å². The van der Waals surface area contributed by atoms with Crippen LogP contribution in [0.5, 0.6) is 0 Å². The summed E-state index contributed by atoms with van der Waals surface area (Å²) in [7, 11) is 0. The number of aliphatic hydroxyl groups is 1. The van der Waals surface area contributed by atoms with Crippen LogP contribution in [0.1, 0.15) is 16.7 Å². The quantitative estimate of drug-likeness (QED) is 0.854. The molecule has 21 heavy (non-hydrogen) atoms. The highest BCUT2D eigenvalue weighted by Crippen LogP contribution is 2.06. The highest BCUT2D eigenvalue weighted by molar-refractivity contribution is 5.78. The summed E-state index contributed by atoms with van der Waals surface area (Å²) in [5, 5.41) is 12.3. The molecule has 3 nitrogen and oxygen atoms in total. The lowest BCUT2D eigenvalue weighted by Gasteiger charge is -2.16. The third kappa shape index (κ3) is 5.04. The molecule has 1 amide bonds. The van der Waals surface area contributed by atoms with Crippen molar-refractivity contribution in [3.05, 3.63) is 71.3 Å². The van der Waals surface area contributed by atoms with Crippen molar-refractivity contribution in [1.82, 2.24) is 5.32 Å². The smallest absolute Gasteiger partial charge is 0.224 e. The zero-order valence-electron chi connectivity index (χ0n) is 12.3. The largest absolute Gasteiger partial charge is 0.394 e. The Morgan fingerprint density at radius 2 is 1.71 bits per heavy atom. The molecule has 110 valence electrons. The van der Waals surface area contributed by atoms with E-state index in [2.05, 4.69) is 5.32 Å². The summed E-state index contributed by atoms with van der Waals surface area (Å²) in [5.41, 5.74) is 3.26. The molecule has 0 aliphatic rings. The molecule has 0 heterocycles. The second-order valence-corrected chi connectivity index (χ2v) is 5.30. The first kappa shape index (κ1) is 15.3. The summed E-state index contributed by atoms with van der Waals surface area (Å²) in [6.45, 7) is 1.96. The van der Waals surface area contributed by atoms with Crippen LogP contribution in [0.2, 0.25) is 0 Å². The number of nitrogens with one attached hydrogen (secondary N) is 1. The number of carbonyl (C=O) groups is 1. The Bertz CT molecular complexity index is 564. The summed E-state index contributed by atoms with van der Waals surface area (Å²) in [5.74, 6) is -0.0613. The van der Waals surface area contributed by atoms with Crippen molar-refractivity contribution in [3.8, 4) is 0 Å². The lowest BCUT2D eigenvalue weighted by Crippen LogP contribution is -2.39. The predicted octanol–water partition coefficient (Wildman–Crippen LogP) is 2.26. The zero-order chi connectivity index (χ0) is 15.1. The van der Waals surface area contributed by atoms with Gasteiger partial charge in [-0.05, 0) is 24.5 Å². The van der Waals surface area contributed by atoms with E-state index in [0.29, 0.717) is 12.8 Å². The van der Waals surface area contributed by atoms with E-state index in [9.17, 15) is 9.90 Å². The van der Waals surface area contributed by atoms with Gasteiger partial charge in [0.05, 0.1) is 19.1 Å². The van der Waals surface area contributed by atoms with Crippen molar-refractivity contribution in [1.29, 1.82) is 0 Å². The number of carbonyl (C=O) groups excluding carboxylic acids is 1. The molecular weight excluding hydrogens is 262 g/mol. The summed E-state index contributed by atoms with van der Waals surface area (Å²) < 4.78 is 0. The monoisotopic (exact) mass is 283 g/mol. The van der Waals surface area contributed by atoms with Crippen LogP contribution in [-0.2, 0) is 17.6 Å². The van der Waals surface area contributed by atoms with Crippen molar-refractivity contribution in [2.24, 2.45) is 0 Å². The van der Waals surface area contributed by atoms with Gasteiger partial charge < -0.3 is 10.4 Å². The van der Waals surface area contributed by atoms with E-state index in [0.717, 1.165) is 11.1 Å². The van der Waals surface area contributed by atoms with Gasteiger partial charge in [-0.15, -0.1) is 0 Å². The van der Waals surface area contributed by atoms with Crippen molar-refractivity contribution < 1.29 is 9.90 Å². The van der Waals surface area contributed by atoms with E-state index < -0.39 is 0 Å². The van der Waals surface area contributed by atoms with E-state index in [4.69, 9.17) is 0 Å². The molecule has 0 aliphatic heterocycles. The molecule has 2 rings (SSSR count). The Balaban J connectivity index is 1.89. The fourth-order valence-corrected chi connectivity index (χ4v) is 2.23. The molecule has 0 saturated carbocycles. The molecule has 0 fully saturated rings. The molecule has 0 spiro atoms. The summed E-state index contributed by atoms with van der Waals surface area (Å²) in [6, 6.07) is 17.5. The summed E-state index contributed by atoms with van der Waals surface area (Å²) in [6.07, 6.45) is 0.975. The number of amides is 1. The highest BCUT2D eigenvalue weighted by Gasteiger charge is 2.12. The van der Waals surface area contributed by atoms with Gasteiger partial charge in [0.2, 0.25) is 5.91 Å². The van der Waals surface area contributed by atoms with Gasteiger partial charge in [-0.3, -0.25) is 4.79 Å². The molecule has 0 bridgehead atoms. The Hall–Kier alpha value is -2.13. The fraction of sp³-hybridized carbons (Fsp3) is 0.278. The molecule has 0 aliphatic carbocycles. The number of benzene rings is 2. The Labute approximate surface area is 125 Å². The molecule has 2 aromatic carbocycles. The molecule has 1 unspecified atom stereocenters. The molecule has 1 atom stereocenters. The SMILES string of the molecule is Cc1ccc(CC(=O)NC(CO)Cc2ccccc2)cc1. The van der Waals surface area contributed by atoms with Gasteiger partial charge in [-0.25, -0.2) is 0 Å². The van der Waals surface area contributed by atoms with Crippen molar-refractivity contribution in [2.45, 2.75) is 25.8 Å². The second kappa shape index (κ2) is 7.60. The summed E-state index contributed by atoms with van der Waals surface area (Å²) in [4.78, 5) is 12.0. The average molecular weight is 283 g/mol. The maximum atomic E-state index is 12.0. The predicted molar refractivity (Wildman–Crippen MR) is 84.0 cm³/mol. The van der Waals surface area contributed by atoms with E-state index in [1.54, 1.807) is 0 Å². The normalized spacial score (nSPS) is 11.9. The number of hydrogen-bond acceptors (Lipinski definition) is 2. The third-order valence-electron chi connectivity index (χ3n) is 3.40. The first-order chi connectivity index (χ1) is 10.2. The minimum atomic E-state index is -0.245. The van der Waals surface area contributed by atoms with Gasteiger partial charge in [0.25, 0.3) is 0 Å². The van der Waals surface area contributed by atoms with Gasteiger partial charge in [0.1, 0.15) is 0 Å². The lowest BCUT2D eigenvalue weighted by atomic mass is 10.1. The van der Waals surface area contributed by atoms with Crippen LogP contribution in [0.4, 0.5) is 0 Å². The van der Waals surface area contributed by atoms with Crippen LogP contribution in [0.3, 0.4) is 0 Å². The molecule has 2 N–H and O–H groups in total. The highest BCUT2D eigenvalue weighted by atomic mass is 16.3. The zero-order valence-corrected chi connectivity index (χ0v) is 12.3. The second-order valence-electron chi connectivity index (χ2n) is 5.30. The van der Waals surface area contributed by atoms with Crippen LogP contribution < -0.4 is 5.32 Å². The third-order valence-corrected chi connectivity index (χ3v) is 3.40. The van der Waals surface area contributed by atoms with E-state index in [1.165, 1.54) is 5.56 Å². The molecule has 0 radical (unpaired) electrons. The minimum Gasteiger partial charge on any atom is -0.394 e. The topological polar surface area (TPSA) is 49.3 Å². The number of hydrogen-bond donors (Lipinski definition) is 2. The van der Waals surface area contributed by atoms with Crippen LogP contribution in [0.25, 0.3) is 0 Å². The van der Waals surface area contributed by atoms with E-state index in [1.807, 2.05) is 61.5 Å². The van der Waals surface area contributed by atoms with Crippen molar-refractivity contribution >= 4 is 5.91 Å². The average Bonchev–Trinajstić information content (AvgIpc) is 2.50. The number of rotatable bonds is 6. The molecule has 3 heteroatoms.